The van der Waals surface area contributed by atoms with E-state index >= 15 is 0 Å². The SMILES string of the molecule is COc1ccc(N2C(=O)CC(N3CCN(c4ccccc4)CC3)C2=O)cc1OC. The number of hydrogen-bond acceptors (Lipinski definition) is 6. The molecule has 2 fully saturated rings. The van der Waals surface area contributed by atoms with Crippen molar-refractivity contribution in [1.29, 1.82) is 0 Å². The van der Waals surface area contributed by atoms with Crippen LogP contribution in [0, 0.1) is 0 Å². The number of carbonyl (C=O) groups is 2. The number of amides is 2. The van der Waals surface area contributed by atoms with E-state index in [2.05, 4.69) is 21.9 Å². The van der Waals surface area contributed by atoms with E-state index in [4.69, 9.17) is 9.47 Å². The summed E-state index contributed by atoms with van der Waals surface area (Å²) >= 11 is 0. The van der Waals surface area contributed by atoms with E-state index in [1.165, 1.54) is 17.7 Å². The van der Waals surface area contributed by atoms with Gasteiger partial charge in [-0.25, -0.2) is 4.90 Å². The molecule has 2 aromatic carbocycles. The Balaban J connectivity index is 1.46. The van der Waals surface area contributed by atoms with Gasteiger partial charge in [0.15, 0.2) is 11.5 Å². The summed E-state index contributed by atoms with van der Waals surface area (Å²) in [6.07, 6.45) is 0.207. The smallest absolute Gasteiger partial charge is 0.251 e. The number of ether oxygens (including phenoxy) is 2. The highest BCUT2D eigenvalue weighted by Crippen LogP contribution is 2.34. The number of benzene rings is 2. The average molecular weight is 395 g/mol. The minimum Gasteiger partial charge on any atom is -0.493 e. The topological polar surface area (TPSA) is 62.3 Å². The highest BCUT2D eigenvalue weighted by Gasteiger charge is 2.43. The second-order valence-electron chi connectivity index (χ2n) is 7.19. The van der Waals surface area contributed by atoms with Crippen LogP contribution in [0.1, 0.15) is 6.42 Å². The van der Waals surface area contributed by atoms with E-state index in [0.717, 1.165) is 26.2 Å². The van der Waals surface area contributed by atoms with Crippen molar-refractivity contribution in [2.45, 2.75) is 12.5 Å². The Kier molecular flexibility index (Phi) is 5.40. The maximum absolute atomic E-state index is 13.1. The standard InChI is InChI=1S/C22H25N3O4/c1-28-19-9-8-17(14-20(19)29-2)25-21(26)15-18(22(25)27)24-12-10-23(11-13-24)16-6-4-3-5-7-16/h3-9,14,18H,10-13,15H2,1-2H3. The Bertz CT molecular complexity index is 894. The van der Waals surface area contributed by atoms with Gasteiger partial charge in [-0.3, -0.25) is 14.5 Å². The number of hydrogen-bond donors (Lipinski definition) is 0. The normalized spacial score (nSPS) is 20.3. The van der Waals surface area contributed by atoms with Crippen LogP contribution in [0.5, 0.6) is 11.5 Å². The van der Waals surface area contributed by atoms with Gasteiger partial charge >= 0.3 is 0 Å². The van der Waals surface area contributed by atoms with E-state index in [1.807, 2.05) is 18.2 Å². The van der Waals surface area contributed by atoms with Gasteiger partial charge in [-0.2, -0.15) is 0 Å². The molecule has 0 spiro atoms. The van der Waals surface area contributed by atoms with Crippen LogP contribution in [0.25, 0.3) is 0 Å². The number of methoxy groups -OCH3 is 2. The number of carbonyl (C=O) groups excluding carboxylic acids is 2. The van der Waals surface area contributed by atoms with Crippen LogP contribution in [0.3, 0.4) is 0 Å². The van der Waals surface area contributed by atoms with Crippen molar-refractivity contribution in [2.24, 2.45) is 0 Å². The molecule has 7 heteroatoms. The van der Waals surface area contributed by atoms with Gasteiger partial charge in [0.1, 0.15) is 0 Å². The van der Waals surface area contributed by atoms with Crippen molar-refractivity contribution in [3.63, 3.8) is 0 Å². The summed E-state index contributed by atoms with van der Waals surface area (Å²) in [6.45, 7) is 3.16. The second kappa shape index (κ2) is 8.13. The van der Waals surface area contributed by atoms with Crippen molar-refractivity contribution in [1.82, 2.24) is 4.90 Å². The molecular weight excluding hydrogens is 370 g/mol. The fraction of sp³-hybridized carbons (Fsp3) is 0.364. The van der Waals surface area contributed by atoms with E-state index < -0.39 is 6.04 Å². The van der Waals surface area contributed by atoms with Crippen LogP contribution >= 0.6 is 0 Å². The highest BCUT2D eigenvalue weighted by atomic mass is 16.5. The first-order valence-electron chi connectivity index (χ1n) is 9.75. The fourth-order valence-electron chi connectivity index (χ4n) is 4.07. The lowest BCUT2D eigenvalue weighted by molar-refractivity contribution is -0.123. The summed E-state index contributed by atoms with van der Waals surface area (Å²) in [5.74, 6) is 0.697. The summed E-state index contributed by atoms with van der Waals surface area (Å²) in [5, 5.41) is 0. The molecule has 0 aromatic heterocycles. The zero-order valence-electron chi connectivity index (χ0n) is 16.7. The van der Waals surface area contributed by atoms with Crippen molar-refractivity contribution >= 4 is 23.2 Å². The first-order chi connectivity index (χ1) is 14.1. The molecule has 152 valence electrons. The average Bonchev–Trinajstić information content (AvgIpc) is 3.07. The molecule has 2 aliphatic rings. The molecule has 0 bridgehead atoms. The minimum atomic E-state index is -0.409. The monoisotopic (exact) mass is 395 g/mol. The van der Waals surface area contributed by atoms with Crippen molar-refractivity contribution < 1.29 is 19.1 Å². The first kappa shape index (κ1) is 19.3. The Morgan fingerprint density at radius 2 is 1.52 bits per heavy atom. The predicted octanol–water partition coefficient (Wildman–Crippen LogP) is 2.16. The first-order valence-corrected chi connectivity index (χ1v) is 9.75. The van der Waals surface area contributed by atoms with Crippen LogP contribution < -0.4 is 19.3 Å². The third kappa shape index (κ3) is 3.65. The van der Waals surface area contributed by atoms with Gasteiger partial charge in [0.2, 0.25) is 5.91 Å². The number of imide groups is 1. The van der Waals surface area contributed by atoms with Gasteiger partial charge in [0, 0.05) is 37.9 Å². The van der Waals surface area contributed by atoms with Gasteiger partial charge in [-0.15, -0.1) is 0 Å². The summed E-state index contributed by atoms with van der Waals surface area (Å²) in [6, 6.07) is 14.9. The Hall–Kier alpha value is -3.06. The quantitative estimate of drug-likeness (QED) is 0.723. The lowest BCUT2D eigenvalue weighted by atomic mass is 10.1. The third-order valence-corrected chi connectivity index (χ3v) is 5.62. The summed E-state index contributed by atoms with van der Waals surface area (Å²) in [4.78, 5) is 31.5. The summed E-state index contributed by atoms with van der Waals surface area (Å²) < 4.78 is 10.6. The fourth-order valence-corrected chi connectivity index (χ4v) is 4.07. The van der Waals surface area contributed by atoms with Crippen LogP contribution in [0.4, 0.5) is 11.4 Å². The van der Waals surface area contributed by atoms with E-state index in [-0.39, 0.29) is 18.2 Å². The Morgan fingerprint density at radius 1 is 0.828 bits per heavy atom. The number of nitrogens with zero attached hydrogens (tertiary/aromatic N) is 3. The maximum Gasteiger partial charge on any atom is 0.251 e. The highest BCUT2D eigenvalue weighted by molar-refractivity contribution is 6.22. The molecular formula is C22H25N3O4. The molecule has 7 nitrogen and oxygen atoms in total. The zero-order valence-corrected chi connectivity index (χ0v) is 16.7. The molecule has 2 heterocycles. The number of piperazine rings is 1. The lowest BCUT2D eigenvalue weighted by Crippen LogP contribution is -2.52. The van der Waals surface area contributed by atoms with Crippen LogP contribution in [-0.4, -0.2) is 63.2 Å². The van der Waals surface area contributed by atoms with Gasteiger partial charge in [-0.05, 0) is 24.3 Å². The molecule has 29 heavy (non-hydrogen) atoms. The van der Waals surface area contributed by atoms with Crippen molar-refractivity contribution in [3.8, 4) is 11.5 Å². The summed E-state index contributed by atoms with van der Waals surface area (Å²) in [7, 11) is 3.08. The number of anilines is 2. The van der Waals surface area contributed by atoms with Gasteiger partial charge in [0.05, 0.1) is 32.4 Å². The van der Waals surface area contributed by atoms with Gasteiger partial charge in [0.25, 0.3) is 5.91 Å². The Morgan fingerprint density at radius 3 is 2.17 bits per heavy atom. The van der Waals surface area contributed by atoms with E-state index in [0.29, 0.717) is 17.2 Å². The van der Waals surface area contributed by atoms with Crippen LogP contribution in [0.15, 0.2) is 48.5 Å². The van der Waals surface area contributed by atoms with Gasteiger partial charge in [-0.1, -0.05) is 18.2 Å². The van der Waals surface area contributed by atoms with Crippen molar-refractivity contribution in [2.75, 3.05) is 50.2 Å². The third-order valence-electron chi connectivity index (χ3n) is 5.62. The summed E-state index contributed by atoms with van der Waals surface area (Å²) in [5.41, 5.74) is 1.70. The molecule has 2 amide bonds. The number of rotatable bonds is 5. The minimum absolute atomic E-state index is 0.171. The molecule has 2 saturated heterocycles. The van der Waals surface area contributed by atoms with Crippen LogP contribution in [-0.2, 0) is 9.59 Å². The van der Waals surface area contributed by atoms with Crippen molar-refractivity contribution in [3.05, 3.63) is 48.5 Å². The molecule has 2 aliphatic heterocycles. The van der Waals surface area contributed by atoms with Crippen LogP contribution in [0.2, 0.25) is 0 Å². The largest absolute Gasteiger partial charge is 0.493 e. The molecule has 2 aromatic rings. The second-order valence-corrected chi connectivity index (χ2v) is 7.19. The maximum atomic E-state index is 13.1. The molecule has 1 unspecified atom stereocenters. The molecule has 1 atom stereocenters. The van der Waals surface area contributed by atoms with Gasteiger partial charge < -0.3 is 14.4 Å². The number of para-hydroxylation sites is 1. The van der Waals surface area contributed by atoms with E-state index in [1.54, 1.807) is 25.3 Å². The Labute approximate surface area is 170 Å². The zero-order chi connectivity index (χ0) is 20.4. The molecule has 0 radical (unpaired) electrons. The molecule has 0 aliphatic carbocycles. The molecule has 0 N–H and O–H groups in total. The predicted molar refractivity (Wildman–Crippen MR) is 111 cm³/mol. The van der Waals surface area contributed by atoms with E-state index in [9.17, 15) is 9.59 Å². The lowest BCUT2D eigenvalue weighted by Gasteiger charge is -2.38. The molecule has 4 rings (SSSR count). The molecule has 0 saturated carbocycles.